The number of hydrazone groups is 1. The Labute approximate surface area is 179 Å². The number of carbonyl (C=O) groups is 1. The number of anilines is 1. The molecule has 2 aromatic carbocycles. The molecule has 0 spiro atoms. The first kappa shape index (κ1) is 20.3. The molecule has 0 aliphatic carbocycles. The van der Waals surface area contributed by atoms with Crippen molar-refractivity contribution >= 4 is 38.7 Å². The zero-order valence-electron chi connectivity index (χ0n) is 16.6. The lowest BCUT2D eigenvalue weighted by Gasteiger charge is -2.23. The number of benzene rings is 2. The molecule has 1 aliphatic heterocycles. The maximum Gasteiger partial charge on any atom is 0.284 e. The second-order valence-electron chi connectivity index (χ2n) is 7.21. The molecule has 1 N–H and O–H groups in total. The standard InChI is InChI=1S/C22H21N3O3S2/c1-15-7-3-4-10-18(15)20-14-19(23-25(20)22(26)21-11-6-12-29-21)16-8-5-9-17(13-16)24-30(2,27)28/h3-13,20,24H,14H2,1-2H3/t20-/m1/s1. The first-order valence-electron chi connectivity index (χ1n) is 9.40. The summed E-state index contributed by atoms with van der Waals surface area (Å²) in [7, 11) is -3.38. The summed E-state index contributed by atoms with van der Waals surface area (Å²) in [6.45, 7) is 2.03. The molecule has 6 nitrogen and oxygen atoms in total. The molecule has 154 valence electrons. The highest BCUT2D eigenvalue weighted by atomic mass is 32.2. The molecule has 1 aliphatic rings. The lowest BCUT2D eigenvalue weighted by molar-refractivity contribution is 0.0716. The van der Waals surface area contributed by atoms with Gasteiger partial charge in [-0.15, -0.1) is 11.3 Å². The van der Waals surface area contributed by atoms with E-state index in [1.54, 1.807) is 29.3 Å². The summed E-state index contributed by atoms with van der Waals surface area (Å²) in [5.41, 5.74) is 4.13. The second kappa shape index (κ2) is 8.04. The quantitative estimate of drug-likeness (QED) is 0.639. The smallest absolute Gasteiger partial charge is 0.284 e. The molecular formula is C22H21N3O3S2. The molecule has 3 aromatic rings. The van der Waals surface area contributed by atoms with Crippen LogP contribution in [-0.2, 0) is 10.0 Å². The molecule has 0 saturated carbocycles. The van der Waals surface area contributed by atoms with Gasteiger partial charge < -0.3 is 0 Å². The van der Waals surface area contributed by atoms with E-state index in [1.807, 2.05) is 48.7 Å². The van der Waals surface area contributed by atoms with E-state index in [-0.39, 0.29) is 11.9 Å². The minimum Gasteiger partial charge on any atom is -0.284 e. The Morgan fingerprint density at radius 2 is 1.93 bits per heavy atom. The van der Waals surface area contributed by atoms with Crippen LogP contribution in [0.2, 0.25) is 0 Å². The minimum absolute atomic E-state index is 0.140. The zero-order valence-corrected chi connectivity index (χ0v) is 18.2. The highest BCUT2D eigenvalue weighted by Crippen LogP contribution is 2.36. The van der Waals surface area contributed by atoms with Crippen LogP contribution in [0.1, 0.15) is 38.8 Å². The van der Waals surface area contributed by atoms with Crippen LogP contribution in [0.15, 0.2) is 71.1 Å². The van der Waals surface area contributed by atoms with E-state index in [4.69, 9.17) is 0 Å². The van der Waals surface area contributed by atoms with E-state index < -0.39 is 10.0 Å². The molecule has 1 aromatic heterocycles. The second-order valence-corrected chi connectivity index (χ2v) is 9.90. The Bertz CT molecular complexity index is 1220. The summed E-state index contributed by atoms with van der Waals surface area (Å²) in [4.78, 5) is 13.8. The SMILES string of the molecule is Cc1ccccc1[C@H]1CC(c2cccc(NS(C)(=O)=O)c2)=NN1C(=O)c1cccs1. The molecule has 0 radical (unpaired) electrons. The van der Waals surface area contributed by atoms with Crippen molar-refractivity contribution in [3.8, 4) is 0 Å². The van der Waals surface area contributed by atoms with Gasteiger partial charge in [0.15, 0.2) is 0 Å². The fourth-order valence-electron chi connectivity index (χ4n) is 3.56. The Hall–Kier alpha value is -2.97. The molecule has 0 bridgehead atoms. The van der Waals surface area contributed by atoms with Gasteiger partial charge in [-0.25, -0.2) is 13.4 Å². The number of nitrogens with one attached hydrogen (secondary N) is 1. The van der Waals surface area contributed by atoms with E-state index in [2.05, 4.69) is 9.82 Å². The van der Waals surface area contributed by atoms with Crippen LogP contribution >= 0.6 is 11.3 Å². The van der Waals surface area contributed by atoms with Crippen molar-refractivity contribution in [2.75, 3.05) is 11.0 Å². The number of rotatable bonds is 5. The largest absolute Gasteiger partial charge is 0.284 e. The predicted octanol–water partition coefficient (Wildman–Crippen LogP) is 4.42. The summed E-state index contributed by atoms with van der Waals surface area (Å²) in [6, 6.07) is 18.5. The average molecular weight is 440 g/mol. The molecule has 8 heteroatoms. The highest BCUT2D eigenvalue weighted by Gasteiger charge is 2.34. The van der Waals surface area contributed by atoms with Gasteiger partial charge in [0.05, 0.1) is 22.9 Å². The van der Waals surface area contributed by atoms with E-state index in [9.17, 15) is 13.2 Å². The number of hydrogen-bond acceptors (Lipinski definition) is 5. The van der Waals surface area contributed by atoms with Gasteiger partial charge >= 0.3 is 0 Å². The summed E-state index contributed by atoms with van der Waals surface area (Å²) >= 11 is 1.39. The molecule has 4 rings (SSSR count). The molecule has 0 fully saturated rings. The molecule has 0 unspecified atom stereocenters. The van der Waals surface area contributed by atoms with Crippen molar-refractivity contribution in [1.82, 2.24) is 5.01 Å². The minimum atomic E-state index is -3.38. The third kappa shape index (κ3) is 4.29. The highest BCUT2D eigenvalue weighted by molar-refractivity contribution is 7.92. The average Bonchev–Trinajstić information content (AvgIpc) is 3.37. The van der Waals surface area contributed by atoms with E-state index in [0.717, 1.165) is 28.7 Å². The normalized spacial score (nSPS) is 16.4. The lowest BCUT2D eigenvalue weighted by atomic mass is 9.95. The van der Waals surface area contributed by atoms with Crippen molar-refractivity contribution in [1.29, 1.82) is 0 Å². The first-order valence-corrected chi connectivity index (χ1v) is 12.2. The zero-order chi connectivity index (χ0) is 21.3. The third-order valence-corrected chi connectivity index (χ3v) is 6.36. The van der Waals surface area contributed by atoms with E-state index in [0.29, 0.717) is 17.0 Å². The maximum absolute atomic E-state index is 13.2. The summed E-state index contributed by atoms with van der Waals surface area (Å²) in [6.07, 6.45) is 1.66. The van der Waals surface area contributed by atoms with Crippen LogP contribution in [0.25, 0.3) is 0 Å². The van der Waals surface area contributed by atoms with E-state index in [1.165, 1.54) is 11.3 Å². The van der Waals surface area contributed by atoms with Crippen LogP contribution in [0.3, 0.4) is 0 Å². The van der Waals surface area contributed by atoms with Crippen molar-refractivity contribution < 1.29 is 13.2 Å². The van der Waals surface area contributed by atoms with Gasteiger partial charge in [-0.1, -0.05) is 42.5 Å². The third-order valence-electron chi connectivity index (χ3n) is 4.90. The lowest BCUT2D eigenvalue weighted by Crippen LogP contribution is -2.26. The van der Waals surface area contributed by atoms with Crippen LogP contribution in [0.4, 0.5) is 5.69 Å². The van der Waals surface area contributed by atoms with Gasteiger partial charge in [0.2, 0.25) is 10.0 Å². The summed E-state index contributed by atoms with van der Waals surface area (Å²) in [5.74, 6) is -0.140. The Morgan fingerprint density at radius 1 is 1.13 bits per heavy atom. The van der Waals surface area contributed by atoms with Crippen LogP contribution in [0.5, 0.6) is 0 Å². The number of sulfonamides is 1. The molecule has 1 atom stereocenters. The number of nitrogens with zero attached hydrogens (tertiary/aromatic N) is 2. The molecule has 0 saturated heterocycles. The fourth-order valence-corrected chi connectivity index (χ4v) is 4.77. The van der Waals surface area contributed by atoms with Gasteiger partial charge in [-0.2, -0.15) is 5.10 Å². The van der Waals surface area contributed by atoms with Gasteiger partial charge in [-0.3, -0.25) is 9.52 Å². The maximum atomic E-state index is 13.2. The number of aryl methyl sites for hydroxylation is 1. The topological polar surface area (TPSA) is 78.8 Å². The van der Waals surface area contributed by atoms with Gasteiger partial charge in [-0.05, 0) is 47.2 Å². The van der Waals surface area contributed by atoms with Crippen LogP contribution < -0.4 is 4.72 Å². The van der Waals surface area contributed by atoms with Crippen LogP contribution in [0, 0.1) is 6.92 Å². The Morgan fingerprint density at radius 3 is 2.63 bits per heavy atom. The number of hydrogen-bond donors (Lipinski definition) is 1. The summed E-state index contributed by atoms with van der Waals surface area (Å²) in [5, 5.41) is 8.11. The van der Waals surface area contributed by atoms with Crippen molar-refractivity contribution in [3.05, 3.63) is 87.6 Å². The molecule has 1 amide bonds. The van der Waals surface area contributed by atoms with Gasteiger partial charge in [0, 0.05) is 12.1 Å². The molecular weight excluding hydrogens is 418 g/mol. The van der Waals surface area contributed by atoms with Crippen molar-refractivity contribution in [2.24, 2.45) is 5.10 Å². The van der Waals surface area contributed by atoms with Gasteiger partial charge in [0.25, 0.3) is 5.91 Å². The molecule has 2 heterocycles. The fraction of sp³-hybridized carbons (Fsp3) is 0.182. The predicted molar refractivity (Wildman–Crippen MR) is 120 cm³/mol. The Balaban J connectivity index is 1.73. The first-order chi connectivity index (χ1) is 14.3. The number of carbonyl (C=O) groups excluding carboxylic acids is 1. The van der Waals surface area contributed by atoms with E-state index >= 15 is 0 Å². The van der Waals surface area contributed by atoms with Crippen molar-refractivity contribution in [3.63, 3.8) is 0 Å². The summed E-state index contributed by atoms with van der Waals surface area (Å²) < 4.78 is 25.7. The van der Waals surface area contributed by atoms with Gasteiger partial charge in [0.1, 0.15) is 0 Å². The monoisotopic (exact) mass is 439 g/mol. The molecule has 30 heavy (non-hydrogen) atoms. The number of thiophene rings is 1. The Kier molecular flexibility index (Phi) is 5.44. The van der Waals surface area contributed by atoms with Crippen LogP contribution in [-0.4, -0.2) is 31.3 Å². The van der Waals surface area contributed by atoms with Crippen molar-refractivity contribution in [2.45, 2.75) is 19.4 Å². The number of amides is 1.